The first kappa shape index (κ1) is 13.9. The topological polar surface area (TPSA) is 77.8 Å². The molecule has 0 atom stereocenters. The molecule has 0 amide bonds. The van der Waals surface area contributed by atoms with E-state index in [9.17, 15) is 0 Å². The molecule has 1 aromatic carbocycles. The standard InChI is InChI=1S/C14H10Cl2N4O/c1-7-2-3-11(17)9(4-7)14-19-13(20-21-14)12-10(16)5-8(15)6-18-12/h2-6H,17H2,1H3. The van der Waals surface area contributed by atoms with Crippen molar-refractivity contribution < 1.29 is 4.52 Å². The molecular weight excluding hydrogens is 311 g/mol. The van der Waals surface area contributed by atoms with Gasteiger partial charge in [-0.3, -0.25) is 0 Å². The third-order valence-corrected chi connectivity index (χ3v) is 3.38. The van der Waals surface area contributed by atoms with Gasteiger partial charge in [-0.1, -0.05) is 40.0 Å². The van der Waals surface area contributed by atoms with Crippen LogP contribution in [0.25, 0.3) is 23.0 Å². The van der Waals surface area contributed by atoms with Gasteiger partial charge in [-0.05, 0) is 25.1 Å². The van der Waals surface area contributed by atoms with Crippen molar-refractivity contribution in [3.63, 3.8) is 0 Å². The van der Waals surface area contributed by atoms with Crippen LogP contribution >= 0.6 is 23.2 Å². The van der Waals surface area contributed by atoms with E-state index >= 15 is 0 Å². The highest BCUT2D eigenvalue weighted by Gasteiger charge is 2.16. The summed E-state index contributed by atoms with van der Waals surface area (Å²) in [7, 11) is 0. The Bertz CT molecular complexity index is 816. The number of pyridine rings is 1. The molecule has 5 nitrogen and oxygen atoms in total. The van der Waals surface area contributed by atoms with Gasteiger partial charge in [0.05, 0.1) is 15.6 Å². The van der Waals surface area contributed by atoms with Crippen LogP contribution in [0.1, 0.15) is 5.56 Å². The Hall–Kier alpha value is -2.11. The quantitative estimate of drug-likeness (QED) is 0.722. The van der Waals surface area contributed by atoms with Crippen LogP contribution in [0.3, 0.4) is 0 Å². The molecule has 21 heavy (non-hydrogen) atoms. The summed E-state index contributed by atoms with van der Waals surface area (Å²) in [6.07, 6.45) is 1.47. The van der Waals surface area contributed by atoms with Crippen LogP contribution < -0.4 is 5.73 Å². The molecule has 0 bridgehead atoms. The number of anilines is 1. The molecule has 3 aromatic rings. The lowest BCUT2D eigenvalue weighted by Crippen LogP contribution is -1.91. The number of rotatable bonds is 2. The average Bonchev–Trinajstić information content (AvgIpc) is 2.91. The Morgan fingerprint density at radius 2 is 2.00 bits per heavy atom. The van der Waals surface area contributed by atoms with E-state index < -0.39 is 0 Å². The van der Waals surface area contributed by atoms with Gasteiger partial charge in [0.2, 0.25) is 5.82 Å². The molecule has 0 unspecified atom stereocenters. The Kier molecular flexibility index (Phi) is 3.53. The van der Waals surface area contributed by atoms with Crippen molar-refractivity contribution in [1.82, 2.24) is 15.1 Å². The van der Waals surface area contributed by atoms with E-state index in [1.807, 2.05) is 19.1 Å². The zero-order valence-corrected chi connectivity index (χ0v) is 12.5. The van der Waals surface area contributed by atoms with E-state index in [0.717, 1.165) is 5.56 Å². The molecule has 2 aromatic heterocycles. The van der Waals surface area contributed by atoms with Crippen molar-refractivity contribution in [3.8, 4) is 23.0 Å². The van der Waals surface area contributed by atoms with Gasteiger partial charge in [0, 0.05) is 11.9 Å². The van der Waals surface area contributed by atoms with Crippen molar-refractivity contribution in [2.45, 2.75) is 6.92 Å². The number of nitrogens with two attached hydrogens (primary N) is 1. The van der Waals surface area contributed by atoms with Crippen molar-refractivity contribution in [1.29, 1.82) is 0 Å². The van der Waals surface area contributed by atoms with Crippen LogP contribution in [0.5, 0.6) is 0 Å². The van der Waals surface area contributed by atoms with Crippen LogP contribution in [0.15, 0.2) is 35.0 Å². The second-order valence-electron chi connectivity index (χ2n) is 4.50. The maximum absolute atomic E-state index is 6.08. The van der Waals surface area contributed by atoms with Crippen LogP contribution in [0, 0.1) is 6.92 Å². The minimum absolute atomic E-state index is 0.285. The largest absolute Gasteiger partial charge is 0.398 e. The lowest BCUT2D eigenvalue weighted by Gasteiger charge is -2.01. The second kappa shape index (κ2) is 5.35. The molecule has 0 fully saturated rings. The number of halogens is 2. The van der Waals surface area contributed by atoms with Gasteiger partial charge < -0.3 is 10.3 Å². The minimum Gasteiger partial charge on any atom is -0.398 e. The summed E-state index contributed by atoms with van der Waals surface area (Å²) in [4.78, 5) is 8.41. The maximum Gasteiger partial charge on any atom is 0.260 e. The highest BCUT2D eigenvalue weighted by atomic mass is 35.5. The highest BCUT2D eigenvalue weighted by molar-refractivity contribution is 6.35. The zero-order valence-electron chi connectivity index (χ0n) is 11.0. The molecule has 0 saturated heterocycles. The third kappa shape index (κ3) is 2.70. The Morgan fingerprint density at radius 3 is 2.76 bits per heavy atom. The Morgan fingerprint density at radius 1 is 1.19 bits per heavy atom. The van der Waals surface area contributed by atoms with Gasteiger partial charge in [-0.15, -0.1) is 0 Å². The monoisotopic (exact) mass is 320 g/mol. The fourth-order valence-corrected chi connectivity index (χ4v) is 2.33. The van der Waals surface area contributed by atoms with Gasteiger partial charge in [-0.25, -0.2) is 4.98 Å². The van der Waals surface area contributed by atoms with Gasteiger partial charge in [0.25, 0.3) is 5.89 Å². The van der Waals surface area contributed by atoms with Gasteiger partial charge in [0.1, 0.15) is 5.69 Å². The van der Waals surface area contributed by atoms with Crippen molar-refractivity contribution in [3.05, 3.63) is 46.1 Å². The van der Waals surface area contributed by atoms with Gasteiger partial charge in [-0.2, -0.15) is 4.98 Å². The number of hydrogen-bond donors (Lipinski definition) is 1. The van der Waals surface area contributed by atoms with Crippen LogP contribution in [-0.4, -0.2) is 15.1 Å². The summed E-state index contributed by atoms with van der Waals surface area (Å²) in [5.41, 5.74) is 8.62. The number of aryl methyl sites for hydroxylation is 1. The highest BCUT2D eigenvalue weighted by Crippen LogP contribution is 2.30. The predicted octanol–water partition coefficient (Wildman–Crippen LogP) is 4.00. The van der Waals surface area contributed by atoms with E-state index in [0.29, 0.717) is 32.9 Å². The summed E-state index contributed by atoms with van der Waals surface area (Å²) in [5.74, 6) is 0.603. The van der Waals surface area contributed by atoms with Crippen molar-refractivity contribution >= 4 is 28.9 Å². The molecule has 0 aliphatic rings. The summed E-state index contributed by atoms with van der Waals surface area (Å²) in [5, 5.41) is 4.69. The van der Waals surface area contributed by atoms with Crippen molar-refractivity contribution in [2.24, 2.45) is 0 Å². The summed E-state index contributed by atoms with van der Waals surface area (Å²) in [6, 6.07) is 7.15. The molecule has 2 N–H and O–H groups in total. The molecule has 0 radical (unpaired) electrons. The lowest BCUT2D eigenvalue weighted by atomic mass is 10.1. The van der Waals surface area contributed by atoms with E-state index in [1.54, 1.807) is 12.1 Å². The summed E-state index contributed by atoms with van der Waals surface area (Å²) in [6.45, 7) is 1.96. The average molecular weight is 321 g/mol. The van der Waals surface area contributed by atoms with E-state index in [2.05, 4.69) is 15.1 Å². The summed E-state index contributed by atoms with van der Waals surface area (Å²) < 4.78 is 5.25. The number of benzene rings is 1. The number of hydrogen-bond acceptors (Lipinski definition) is 5. The van der Waals surface area contributed by atoms with Crippen molar-refractivity contribution in [2.75, 3.05) is 5.73 Å². The van der Waals surface area contributed by atoms with Gasteiger partial charge >= 0.3 is 0 Å². The van der Waals surface area contributed by atoms with E-state index in [-0.39, 0.29) is 5.82 Å². The summed E-state index contributed by atoms with van der Waals surface area (Å²) >= 11 is 11.9. The molecule has 2 heterocycles. The van der Waals surface area contributed by atoms with Crippen LogP contribution in [-0.2, 0) is 0 Å². The first-order valence-electron chi connectivity index (χ1n) is 6.06. The second-order valence-corrected chi connectivity index (χ2v) is 5.34. The smallest absolute Gasteiger partial charge is 0.260 e. The number of aromatic nitrogens is 3. The SMILES string of the molecule is Cc1ccc(N)c(-c2nc(-c3ncc(Cl)cc3Cl)no2)c1. The lowest BCUT2D eigenvalue weighted by molar-refractivity contribution is 0.432. The first-order valence-corrected chi connectivity index (χ1v) is 6.82. The molecule has 0 saturated carbocycles. The van der Waals surface area contributed by atoms with Crippen LogP contribution in [0.2, 0.25) is 10.0 Å². The Labute approximate surface area is 130 Å². The van der Waals surface area contributed by atoms with E-state index in [1.165, 1.54) is 6.20 Å². The Balaban J connectivity index is 2.06. The maximum atomic E-state index is 6.08. The molecule has 7 heteroatoms. The predicted molar refractivity (Wildman–Crippen MR) is 82.1 cm³/mol. The fourth-order valence-electron chi connectivity index (χ4n) is 1.86. The van der Waals surface area contributed by atoms with E-state index in [4.69, 9.17) is 33.5 Å². The molecule has 106 valence electrons. The first-order chi connectivity index (χ1) is 10.0. The molecule has 0 aliphatic heterocycles. The molecular formula is C14H10Cl2N4O. The molecule has 3 rings (SSSR count). The normalized spacial score (nSPS) is 10.8. The molecule has 0 spiro atoms. The molecule has 0 aliphatic carbocycles. The minimum atomic E-state index is 0.285. The number of nitrogen functional groups attached to an aromatic ring is 1. The van der Waals surface area contributed by atoms with Crippen LogP contribution in [0.4, 0.5) is 5.69 Å². The number of nitrogens with zero attached hydrogens (tertiary/aromatic N) is 3. The van der Waals surface area contributed by atoms with Gasteiger partial charge in [0.15, 0.2) is 0 Å². The zero-order chi connectivity index (χ0) is 15.0. The fraction of sp³-hybridized carbons (Fsp3) is 0.0714. The third-order valence-electron chi connectivity index (χ3n) is 2.88.